The number of guanidine groups is 1. The maximum Gasteiger partial charge on any atom is 0.192 e. The van der Waals surface area contributed by atoms with Crippen LogP contribution in [0.3, 0.4) is 0 Å². The maximum absolute atomic E-state index is 13.2. The first-order valence-corrected chi connectivity index (χ1v) is 7.09. The summed E-state index contributed by atoms with van der Waals surface area (Å²) in [6.45, 7) is 4.15. The van der Waals surface area contributed by atoms with E-state index in [4.69, 9.17) is 10.5 Å². The first-order chi connectivity index (χ1) is 9.65. The first-order valence-electron chi connectivity index (χ1n) is 7.09. The van der Waals surface area contributed by atoms with Gasteiger partial charge >= 0.3 is 0 Å². The normalized spacial score (nSPS) is 26.1. The van der Waals surface area contributed by atoms with Crippen LogP contribution in [0.4, 0.5) is 4.39 Å². The van der Waals surface area contributed by atoms with Crippen LogP contribution < -0.4 is 5.73 Å². The lowest BCUT2D eigenvalue weighted by Gasteiger charge is -2.29. The highest BCUT2D eigenvalue weighted by Gasteiger charge is 2.31. The molecule has 2 N–H and O–H groups in total. The Labute approximate surface area is 118 Å². The van der Waals surface area contributed by atoms with E-state index in [0.717, 1.165) is 37.1 Å². The Morgan fingerprint density at radius 3 is 3.05 bits per heavy atom. The minimum absolute atomic E-state index is 0.0970. The lowest BCUT2D eigenvalue weighted by molar-refractivity contribution is 0.0852. The van der Waals surface area contributed by atoms with Gasteiger partial charge in [-0.25, -0.2) is 4.39 Å². The summed E-state index contributed by atoms with van der Waals surface area (Å²) < 4.78 is 18.9. The predicted molar refractivity (Wildman–Crippen MR) is 76.0 cm³/mol. The van der Waals surface area contributed by atoms with Crippen molar-refractivity contribution in [3.63, 3.8) is 0 Å². The number of aryl methyl sites for hydroxylation is 1. The van der Waals surface area contributed by atoms with E-state index < -0.39 is 0 Å². The van der Waals surface area contributed by atoms with Gasteiger partial charge in [-0.15, -0.1) is 0 Å². The van der Waals surface area contributed by atoms with Crippen LogP contribution in [0.5, 0.6) is 0 Å². The number of rotatable bonds is 3. The third-order valence-corrected chi connectivity index (χ3v) is 4.11. The second-order valence-electron chi connectivity index (χ2n) is 5.50. The molecule has 2 aliphatic heterocycles. The molecule has 0 aliphatic carbocycles. The van der Waals surface area contributed by atoms with Gasteiger partial charge in [0.25, 0.3) is 0 Å². The van der Waals surface area contributed by atoms with Crippen LogP contribution in [0.25, 0.3) is 0 Å². The molecular formula is C15H20FN3O. The molecule has 2 aliphatic rings. The Bertz CT molecular complexity index is 526. The number of hydrogen-bond acceptors (Lipinski definition) is 4. The van der Waals surface area contributed by atoms with Gasteiger partial charge in [-0.1, -0.05) is 6.07 Å². The highest BCUT2D eigenvalue weighted by molar-refractivity contribution is 5.80. The molecule has 1 aromatic rings. The molecule has 20 heavy (non-hydrogen) atoms. The molecule has 2 heterocycles. The van der Waals surface area contributed by atoms with Crippen LogP contribution in [-0.4, -0.2) is 36.7 Å². The van der Waals surface area contributed by atoms with Crippen LogP contribution in [0.2, 0.25) is 0 Å². The Hall–Kier alpha value is -1.62. The zero-order chi connectivity index (χ0) is 14.1. The summed E-state index contributed by atoms with van der Waals surface area (Å²) in [5.41, 5.74) is 8.04. The topological polar surface area (TPSA) is 50.8 Å². The van der Waals surface area contributed by atoms with Crippen molar-refractivity contribution in [2.24, 2.45) is 10.7 Å². The quantitative estimate of drug-likeness (QED) is 0.919. The molecule has 0 spiro atoms. The third kappa shape index (κ3) is 2.50. The second-order valence-corrected chi connectivity index (χ2v) is 5.50. The third-order valence-electron chi connectivity index (χ3n) is 4.11. The number of nitrogens with two attached hydrogens (primary N) is 1. The molecule has 1 fully saturated rings. The van der Waals surface area contributed by atoms with E-state index in [9.17, 15) is 4.39 Å². The van der Waals surface area contributed by atoms with E-state index in [1.54, 1.807) is 6.07 Å². The van der Waals surface area contributed by atoms with Gasteiger partial charge in [-0.2, -0.15) is 0 Å². The zero-order valence-corrected chi connectivity index (χ0v) is 11.7. The van der Waals surface area contributed by atoms with Crippen molar-refractivity contribution in [3.05, 3.63) is 35.1 Å². The summed E-state index contributed by atoms with van der Waals surface area (Å²) in [5, 5.41) is 0. The van der Waals surface area contributed by atoms with E-state index in [2.05, 4.69) is 9.89 Å². The number of hydrogen-bond donors (Lipinski definition) is 1. The minimum Gasteiger partial charge on any atom is -0.376 e. The lowest BCUT2D eigenvalue weighted by atomic mass is 10.00. The molecule has 2 atom stereocenters. The average Bonchev–Trinajstić information content (AvgIpc) is 3.03. The largest absolute Gasteiger partial charge is 0.376 e. The van der Waals surface area contributed by atoms with Crippen molar-refractivity contribution in [2.75, 3.05) is 19.7 Å². The van der Waals surface area contributed by atoms with E-state index in [-0.39, 0.29) is 18.0 Å². The molecule has 5 heteroatoms. The van der Waals surface area contributed by atoms with Crippen molar-refractivity contribution in [3.8, 4) is 0 Å². The molecule has 0 radical (unpaired) electrons. The van der Waals surface area contributed by atoms with Gasteiger partial charge in [0.05, 0.1) is 18.7 Å². The van der Waals surface area contributed by atoms with Crippen LogP contribution in [0.15, 0.2) is 23.2 Å². The SMILES string of the molecule is Cc1cc(F)ccc1C1CN=C(N)N1CC1CCCO1. The molecule has 1 saturated heterocycles. The van der Waals surface area contributed by atoms with Gasteiger partial charge in [0, 0.05) is 13.2 Å². The van der Waals surface area contributed by atoms with Gasteiger partial charge in [0.2, 0.25) is 0 Å². The van der Waals surface area contributed by atoms with Crippen molar-refractivity contribution >= 4 is 5.96 Å². The maximum atomic E-state index is 13.2. The Morgan fingerprint density at radius 2 is 2.35 bits per heavy atom. The molecule has 3 rings (SSSR count). The van der Waals surface area contributed by atoms with Crippen molar-refractivity contribution in [1.82, 2.24) is 4.90 Å². The summed E-state index contributed by atoms with van der Waals surface area (Å²) in [4.78, 5) is 6.45. The lowest BCUT2D eigenvalue weighted by Crippen LogP contribution is -2.41. The van der Waals surface area contributed by atoms with Gasteiger partial charge in [0.1, 0.15) is 5.82 Å². The fraction of sp³-hybridized carbons (Fsp3) is 0.533. The molecule has 0 amide bonds. The molecule has 2 unspecified atom stereocenters. The van der Waals surface area contributed by atoms with E-state index in [1.165, 1.54) is 6.07 Å². The number of halogens is 1. The molecule has 4 nitrogen and oxygen atoms in total. The highest BCUT2D eigenvalue weighted by atomic mass is 19.1. The van der Waals surface area contributed by atoms with E-state index in [1.807, 2.05) is 13.0 Å². The van der Waals surface area contributed by atoms with Gasteiger partial charge in [-0.3, -0.25) is 4.99 Å². The summed E-state index contributed by atoms with van der Waals surface area (Å²) in [7, 11) is 0. The van der Waals surface area contributed by atoms with Crippen LogP contribution in [0.1, 0.15) is 30.0 Å². The molecular weight excluding hydrogens is 257 g/mol. The number of benzene rings is 1. The number of ether oxygens (including phenoxy) is 1. The summed E-state index contributed by atoms with van der Waals surface area (Å²) in [6.07, 6.45) is 2.40. The predicted octanol–water partition coefficient (Wildman–Crippen LogP) is 1.98. The summed E-state index contributed by atoms with van der Waals surface area (Å²) >= 11 is 0. The van der Waals surface area contributed by atoms with Crippen molar-refractivity contribution in [1.29, 1.82) is 0 Å². The second kappa shape index (κ2) is 5.40. The zero-order valence-electron chi connectivity index (χ0n) is 11.7. The van der Waals surface area contributed by atoms with Crippen LogP contribution >= 0.6 is 0 Å². The molecule has 0 aromatic heterocycles. The summed E-state index contributed by atoms with van der Waals surface area (Å²) in [5.74, 6) is 0.359. The number of aliphatic imine (C=N–C) groups is 1. The average molecular weight is 277 g/mol. The monoisotopic (exact) mass is 277 g/mol. The van der Waals surface area contributed by atoms with E-state index >= 15 is 0 Å². The van der Waals surface area contributed by atoms with Crippen LogP contribution in [0, 0.1) is 12.7 Å². The molecule has 0 bridgehead atoms. The summed E-state index contributed by atoms with van der Waals surface area (Å²) in [6, 6.07) is 5.00. The molecule has 108 valence electrons. The fourth-order valence-electron chi connectivity index (χ4n) is 3.04. The fourth-order valence-corrected chi connectivity index (χ4v) is 3.04. The van der Waals surface area contributed by atoms with Crippen molar-refractivity contribution < 1.29 is 9.13 Å². The Morgan fingerprint density at radius 1 is 1.50 bits per heavy atom. The first kappa shape index (κ1) is 13.4. The Kier molecular flexibility index (Phi) is 3.61. The van der Waals surface area contributed by atoms with E-state index in [0.29, 0.717) is 12.5 Å². The van der Waals surface area contributed by atoms with Gasteiger partial charge in [0.15, 0.2) is 5.96 Å². The molecule has 0 saturated carbocycles. The Balaban J connectivity index is 1.80. The smallest absolute Gasteiger partial charge is 0.192 e. The molecule has 1 aromatic carbocycles. The number of nitrogens with zero attached hydrogens (tertiary/aromatic N) is 2. The van der Waals surface area contributed by atoms with Gasteiger partial charge < -0.3 is 15.4 Å². The van der Waals surface area contributed by atoms with Gasteiger partial charge in [-0.05, 0) is 43.0 Å². The van der Waals surface area contributed by atoms with Crippen molar-refractivity contribution in [2.45, 2.75) is 31.9 Å². The van der Waals surface area contributed by atoms with Crippen LogP contribution in [-0.2, 0) is 4.74 Å². The standard InChI is InChI=1S/C15H20FN3O/c1-10-7-11(16)4-5-13(10)14-8-18-15(17)19(14)9-12-3-2-6-20-12/h4-5,7,12,14H,2-3,6,8-9H2,1H3,(H2,17,18). The highest BCUT2D eigenvalue weighted by Crippen LogP contribution is 2.29. The minimum atomic E-state index is -0.205.